The van der Waals surface area contributed by atoms with Crippen LogP contribution >= 0.6 is 11.6 Å². The highest BCUT2D eigenvalue weighted by Crippen LogP contribution is 2.36. The number of halogens is 1. The van der Waals surface area contributed by atoms with Crippen LogP contribution in [0.3, 0.4) is 0 Å². The van der Waals surface area contributed by atoms with Gasteiger partial charge < -0.3 is 9.15 Å². The number of rotatable bonds is 6. The lowest BCUT2D eigenvalue weighted by Crippen LogP contribution is -2.20. The second kappa shape index (κ2) is 9.32. The van der Waals surface area contributed by atoms with Gasteiger partial charge in [0.1, 0.15) is 11.7 Å². The molecule has 0 amide bonds. The Bertz CT molecular complexity index is 1750. The third kappa shape index (κ3) is 4.15. The topological polar surface area (TPSA) is 137 Å². The number of benzene rings is 3. The van der Waals surface area contributed by atoms with Gasteiger partial charge in [0.25, 0.3) is 5.56 Å². The van der Waals surface area contributed by atoms with Crippen LogP contribution in [0.5, 0.6) is 5.75 Å². The van der Waals surface area contributed by atoms with E-state index in [1.165, 1.54) is 18.3 Å². The summed E-state index contributed by atoms with van der Waals surface area (Å²) in [6.07, 6.45) is 1.25. The van der Waals surface area contributed by atoms with Crippen LogP contribution in [-0.2, 0) is 0 Å². The van der Waals surface area contributed by atoms with E-state index in [0.717, 1.165) is 10.1 Å². The van der Waals surface area contributed by atoms with Gasteiger partial charge in [-0.2, -0.15) is 15.0 Å². The standard InChI is InChI=1S/C25H14ClN5O5/c26-18-11-15(12-20(31(33)34)23(18)35-10-9-27)14-28-30-24(22-13-16-5-1-4-8-21(16)36-22)29-19-7-3-2-6-17(19)25(30)32/h1-8,11-14H,10H2. The van der Waals surface area contributed by atoms with Gasteiger partial charge in [0.2, 0.25) is 11.6 Å². The molecule has 0 aliphatic rings. The second-order valence-corrected chi connectivity index (χ2v) is 7.92. The van der Waals surface area contributed by atoms with Crippen molar-refractivity contribution in [3.63, 3.8) is 0 Å². The predicted octanol–water partition coefficient (Wildman–Crippen LogP) is 5.16. The van der Waals surface area contributed by atoms with Gasteiger partial charge in [0.15, 0.2) is 12.4 Å². The predicted molar refractivity (Wildman–Crippen MR) is 133 cm³/mol. The third-order valence-corrected chi connectivity index (χ3v) is 5.53. The molecule has 5 aromatic rings. The quantitative estimate of drug-likeness (QED) is 0.179. The summed E-state index contributed by atoms with van der Waals surface area (Å²) in [5.74, 6) is 0.244. The molecule has 0 unspecified atom stereocenters. The summed E-state index contributed by atoms with van der Waals surface area (Å²) >= 11 is 6.18. The lowest BCUT2D eigenvalue weighted by Gasteiger charge is -2.08. The number of nitriles is 1. The number of aromatic nitrogens is 2. The van der Waals surface area contributed by atoms with E-state index in [4.69, 9.17) is 26.0 Å². The molecule has 0 aliphatic heterocycles. The minimum atomic E-state index is -0.681. The van der Waals surface area contributed by atoms with E-state index < -0.39 is 22.8 Å². The van der Waals surface area contributed by atoms with Crippen LogP contribution in [0.25, 0.3) is 33.5 Å². The third-order valence-electron chi connectivity index (χ3n) is 5.25. The summed E-state index contributed by atoms with van der Waals surface area (Å²) in [6.45, 7) is -0.410. The molecule has 11 heteroatoms. The monoisotopic (exact) mass is 499 g/mol. The van der Waals surface area contributed by atoms with Crippen LogP contribution < -0.4 is 10.3 Å². The van der Waals surface area contributed by atoms with E-state index in [-0.39, 0.29) is 22.2 Å². The summed E-state index contributed by atoms with van der Waals surface area (Å²) in [5.41, 5.74) is 0.400. The maximum atomic E-state index is 13.4. The van der Waals surface area contributed by atoms with E-state index >= 15 is 0 Å². The molecule has 3 aromatic carbocycles. The number of hydrogen-bond acceptors (Lipinski definition) is 8. The first-order chi connectivity index (χ1) is 17.5. The molecular formula is C25H14ClN5O5. The molecular weight excluding hydrogens is 486 g/mol. The fraction of sp³-hybridized carbons (Fsp3) is 0.0400. The summed E-state index contributed by atoms with van der Waals surface area (Å²) in [7, 11) is 0. The number of nitro benzene ring substituents is 1. The molecule has 0 fully saturated rings. The largest absolute Gasteiger partial charge is 0.470 e. The molecule has 0 saturated heterocycles. The fourth-order valence-corrected chi connectivity index (χ4v) is 3.94. The fourth-order valence-electron chi connectivity index (χ4n) is 3.66. The maximum absolute atomic E-state index is 13.4. The van der Waals surface area contributed by atoms with Crippen molar-refractivity contribution in [3.05, 3.63) is 97.8 Å². The van der Waals surface area contributed by atoms with Crippen molar-refractivity contribution in [3.8, 4) is 23.4 Å². The average molecular weight is 500 g/mol. The SMILES string of the molecule is N#CCOc1c(Cl)cc(C=Nn2c(-c3cc4ccccc4o3)nc3ccccc3c2=O)cc1[N+](=O)[O-]. The molecule has 0 radical (unpaired) electrons. The number of nitrogens with zero attached hydrogens (tertiary/aromatic N) is 5. The molecule has 36 heavy (non-hydrogen) atoms. The van der Waals surface area contributed by atoms with Crippen molar-refractivity contribution in [2.45, 2.75) is 0 Å². The summed E-state index contributed by atoms with van der Waals surface area (Å²) < 4.78 is 12.1. The number of ether oxygens (including phenoxy) is 1. The number of furan rings is 1. The van der Waals surface area contributed by atoms with Crippen LogP contribution in [-0.4, -0.2) is 27.4 Å². The van der Waals surface area contributed by atoms with E-state index in [1.807, 2.05) is 18.2 Å². The van der Waals surface area contributed by atoms with E-state index in [2.05, 4.69) is 10.1 Å². The lowest BCUT2D eigenvalue weighted by molar-refractivity contribution is -0.385. The van der Waals surface area contributed by atoms with Crippen LogP contribution in [0.15, 0.2) is 81.0 Å². The highest BCUT2D eigenvalue weighted by atomic mass is 35.5. The summed E-state index contributed by atoms with van der Waals surface area (Å²) in [5, 5.41) is 25.6. The van der Waals surface area contributed by atoms with Crippen LogP contribution in [0.2, 0.25) is 5.02 Å². The van der Waals surface area contributed by atoms with Crippen molar-refractivity contribution >= 4 is 45.4 Å². The zero-order chi connectivity index (χ0) is 25.2. The molecule has 0 spiro atoms. The van der Waals surface area contributed by atoms with Crippen molar-refractivity contribution in [2.24, 2.45) is 5.10 Å². The highest BCUT2D eigenvalue weighted by molar-refractivity contribution is 6.32. The molecule has 0 N–H and O–H groups in total. The molecule has 0 atom stereocenters. The Kier molecular flexibility index (Phi) is 5.90. The molecule has 0 aliphatic carbocycles. The molecule has 10 nitrogen and oxygen atoms in total. The van der Waals surface area contributed by atoms with Crippen molar-refractivity contribution in [1.29, 1.82) is 5.26 Å². The lowest BCUT2D eigenvalue weighted by atomic mass is 10.2. The first kappa shape index (κ1) is 22.8. The Morgan fingerprint density at radius 1 is 1.19 bits per heavy atom. The first-order valence-electron chi connectivity index (χ1n) is 10.5. The Labute approximate surface area is 207 Å². The van der Waals surface area contributed by atoms with Gasteiger partial charge in [-0.25, -0.2) is 4.98 Å². The van der Waals surface area contributed by atoms with Gasteiger partial charge in [0, 0.05) is 17.0 Å². The van der Waals surface area contributed by atoms with Crippen molar-refractivity contribution < 1.29 is 14.1 Å². The van der Waals surface area contributed by atoms with Gasteiger partial charge in [-0.15, -0.1) is 0 Å². The Balaban J connectivity index is 1.67. The van der Waals surface area contributed by atoms with Gasteiger partial charge in [-0.1, -0.05) is 41.9 Å². The molecule has 2 aromatic heterocycles. The first-order valence-corrected chi connectivity index (χ1v) is 10.9. The zero-order valence-corrected chi connectivity index (χ0v) is 19.0. The Hall–Kier alpha value is -5.01. The van der Waals surface area contributed by atoms with E-state index in [1.54, 1.807) is 42.5 Å². The Morgan fingerprint density at radius 3 is 2.75 bits per heavy atom. The Morgan fingerprint density at radius 2 is 1.97 bits per heavy atom. The van der Waals surface area contributed by atoms with Crippen LogP contribution in [0.1, 0.15) is 5.56 Å². The van der Waals surface area contributed by atoms with Crippen molar-refractivity contribution in [1.82, 2.24) is 9.66 Å². The normalized spacial score (nSPS) is 11.2. The summed E-state index contributed by atoms with van der Waals surface area (Å²) in [6, 6.07) is 20.2. The van der Waals surface area contributed by atoms with Gasteiger partial charge in [-0.05, 0) is 30.3 Å². The summed E-state index contributed by atoms with van der Waals surface area (Å²) in [4.78, 5) is 28.8. The number of fused-ring (bicyclic) bond motifs is 2. The van der Waals surface area contributed by atoms with Crippen LogP contribution in [0.4, 0.5) is 5.69 Å². The number of para-hydroxylation sites is 2. The minimum Gasteiger partial charge on any atom is -0.470 e. The van der Waals surface area contributed by atoms with Crippen molar-refractivity contribution in [2.75, 3.05) is 6.61 Å². The van der Waals surface area contributed by atoms with Gasteiger partial charge in [0.05, 0.1) is 27.1 Å². The van der Waals surface area contributed by atoms with Gasteiger partial charge in [-0.3, -0.25) is 14.9 Å². The molecule has 2 heterocycles. The van der Waals surface area contributed by atoms with E-state index in [9.17, 15) is 14.9 Å². The molecule has 176 valence electrons. The zero-order valence-electron chi connectivity index (χ0n) is 18.3. The molecule has 0 bridgehead atoms. The van der Waals surface area contributed by atoms with E-state index in [0.29, 0.717) is 22.2 Å². The molecule has 5 rings (SSSR count). The number of nitro groups is 1. The second-order valence-electron chi connectivity index (χ2n) is 7.52. The van der Waals surface area contributed by atoms with Gasteiger partial charge >= 0.3 is 5.69 Å². The maximum Gasteiger partial charge on any atom is 0.313 e. The number of hydrogen-bond donors (Lipinski definition) is 0. The van der Waals surface area contributed by atoms with Crippen LogP contribution in [0, 0.1) is 21.4 Å². The average Bonchev–Trinajstić information content (AvgIpc) is 3.31. The molecule has 0 saturated carbocycles. The minimum absolute atomic E-state index is 0.0811. The highest BCUT2D eigenvalue weighted by Gasteiger charge is 2.21. The smallest absolute Gasteiger partial charge is 0.313 e.